The lowest BCUT2D eigenvalue weighted by molar-refractivity contribution is -0.125. The fourth-order valence-electron chi connectivity index (χ4n) is 3.20. The summed E-state index contributed by atoms with van der Waals surface area (Å²) in [6.07, 6.45) is 6.42. The highest BCUT2D eigenvalue weighted by Gasteiger charge is 2.38. The van der Waals surface area contributed by atoms with Crippen molar-refractivity contribution in [3.63, 3.8) is 0 Å². The monoisotopic (exact) mass is 320 g/mol. The minimum Gasteiger partial charge on any atom is -0.337 e. The van der Waals surface area contributed by atoms with Gasteiger partial charge in [0.05, 0.1) is 19.8 Å². The van der Waals surface area contributed by atoms with E-state index in [2.05, 4.69) is 4.98 Å². The van der Waals surface area contributed by atoms with Crippen molar-refractivity contribution in [2.24, 2.45) is 0 Å². The average molecular weight is 320 g/mol. The highest BCUT2D eigenvalue weighted by atomic mass is 16.2. The van der Waals surface area contributed by atoms with Gasteiger partial charge in [-0.15, -0.1) is 0 Å². The molecule has 0 unspecified atom stereocenters. The third-order valence-corrected chi connectivity index (χ3v) is 4.40. The third-order valence-electron chi connectivity index (χ3n) is 4.40. The van der Waals surface area contributed by atoms with Gasteiger partial charge in [0.1, 0.15) is 11.4 Å². The van der Waals surface area contributed by atoms with Gasteiger partial charge in [-0.1, -0.05) is 36.4 Å². The zero-order valence-electron chi connectivity index (χ0n) is 13.9. The quantitative estimate of drug-likeness (QED) is 0.639. The summed E-state index contributed by atoms with van der Waals surface area (Å²) in [6.45, 7) is 3.23. The fourth-order valence-corrected chi connectivity index (χ4v) is 3.20. The van der Waals surface area contributed by atoms with Gasteiger partial charge in [0, 0.05) is 49.6 Å². The summed E-state index contributed by atoms with van der Waals surface area (Å²) in [6, 6.07) is 20.1. The number of quaternary nitrogens is 1. The van der Waals surface area contributed by atoms with Gasteiger partial charge >= 0.3 is 5.91 Å². The molecule has 2 aromatic carbocycles. The summed E-state index contributed by atoms with van der Waals surface area (Å²) in [5, 5.41) is 0. The summed E-state index contributed by atoms with van der Waals surface area (Å²) in [4.78, 5) is 16.9. The van der Waals surface area contributed by atoms with Crippen molar-refractivity contribution in [2.45, 2.75) is 19.9 Å². The number of aryl methyl sites for hydroxylation is 1. The molecule has 4 nitrogen and oxygen atoms in total. The molecule has 0 aliphatic rings. The Hall–Kier alpha value is -2.72. The van der Waals surface area contributed by atoms with E-state index in [9.17, 15) is 4.79 Å². The van der Waals surface area contributed by atoms with E-state index in [0.29, 0.717) is 6.54 Å². The number of imidazole rings is 1. The Bertz CT molecular complexity index is 728. The second-order valence-corrected chi connectivity index (χ2v) is 5.88. The van der Waals surface area contributed by atoms with Gasteiger partial charge in [0.25, 0.3) is 0 Å². The maximum atomic E-state index is 12.8. The number of rotatable bonds is 6. The van der Waals surface area contributed by atoms with Crippen LogP contribution in [0.25, 0.3) is 0 Å². The van der Waals surface area contributed by atoms with Crippen LogP contribution in [0, 0.1) is 0 Å². The van der Waals surface area contributed by atoms with Crippen LogP contribution >= 0.6 is 0 Å². The van der Waals surface area contributed by atoms with Crippen LogP contribution in [-0.4, -0.2) is 22.0 Å². The molecular weight excluding hydrogens is 298 g/mol. The zero-order valence-corrected chi connectivity index (χ0v) is 13.9. The van der Waals surface area contributed by atoms with Gasteiger partial charge < -0.3 is 4.57 Å². The van der Waals surface area contributed by atoms with Crippen LogP contribution in [0.15, 0.2) is 79.4 Å². The second kappa shape index (κ2) is 7.23. The fraction of sp³-hybridized carbons (Fsp3) is 0.200. The largest absolute Gasteiger partial charge is 0.337 e. The van der Waals surface area contributed by atoms with Crippen molar-refractivity contribution in [1.29, 1.82) is 0 Å². The molecule has 0 bridgehead atoms. The van der Waals surface area contributed by atoms with E-state index >= 15 is 0 Å². The number of hydrogen-bond donors (Lipinski definition) is 0. The lowest BCUT2D eigenvalue weighted by atomic mass is 10.1. The topological polar surface area (TPSA) is 34.9 Å². The van der Waals surface area contributed by atoms with Crippen molar-refractivity contribution in [3.05, 3.63) is 79.4 Å². The van der Waals surface area contributed by atoms with Crippen LogP contribution in [0.2, 0.25) is 0 Å². The molecule has 3 rings (SSSR count). The van der Waals surface area contributed by atoms with Gasteiger partial charge in [0.15, 0.2) is 0 Å². The van der Waals surface area contributed by atoms with Crippen LogP contribution in [0.1, 0.15) is 13.3 Å². The molecule has 0 spiro atoms. The first-order chi connectivity index (χ1) is 11.7. The Morgan fingerprint density at radius 3 is 2.04 bits per heavy atom. The minimum atomic E-state index is 0.123. The summed E-state index contributed by atoms with van der Waals surface area (Å²) >= 11 is 0. The summed E-state index contributed by atoms with van der Waals surface area (Å²) in [5.41, 5.74) is 2.00. The van der Waals surface area contributed by atoms with E-state index in [4.69, 9.17) is 0 Å². The van der Waals surface area contributed by atoms with Crippen molar-refractivity contribution in [1.82, 2.24) is 14.0 Å². The van der Waals surface area contributed by atoms with E-state index in [0.717, 1.165) is 24.3 Å². The average Bonchev–Trinajstić information content (AvgIpc) is 3.13. The highest BCUT2D eigenvalue weighted by molar-refractivity contribution is 5.93. The Morgan fingerprint density at radius 1 is 1.00 bits per heavy atom. The molecule has 0 saturated heterocycles. The number of aromatic nitrogens is 2. The lowest BCUT2D eigenvalue weighted by Gasteiger charge is -2.34. The first-order valence-corrected chi connectivity index (χ1v) is 8.19. The molecule has 122 valence electrons. The molecule has 1 amide bonds. The first kappa shape index (κ1) is 16.1. The zero-order chi connectivity index (χ0) is 16.8. The third kappa shape index (κ3) is 3.14. The molecule has 1 heterocycles. The molecule has 0 N–H and O–H groups in total. The molecule has 0 radical (unpaired) electrons. The number of amides is 1. The van der Waals surface area contributed by atoms with E-state index in [-0.39, 0.29) is 10.4 Å². The summed E-state index contributed by atoms with van der Waals surface area (Å²) in [7, 11) is 0. The highest BCUT2D eigenvalue weighted by Crippen LogP contribution is 2.35. The Labute approximate surface area is 142 Å². The first-order valence-electron chi connectivity index (χ1n) is 8.19. The van der Waals surface area contributed by atoms with Crippen LogP contribution < -0.4 is 4.48 Å². The predicted molar refractivity (Wildman–Crippen MR) is 96.7 cm³/mol. The number of nitrogens with zero attached hydrogens (tertiary/aromatic N) is 3. The van der Waals surface area contributed by atoms with Gasteiger partial charge in [-0.25, -0.2) is 9.78 Å². The van der Waals surface area contributed by atoms with Crippen LogP contribution in [-0.2, 0) is 11.3 Å². The van der Waals surface area contributed by atoms with E-state index < -0.39 is 0 Å². The molecule has 0 aliphatic heterocycles. The number of carbonyl (C=O) groups is 1. The smallest absolute Gasteiger partial charge is 0.320 e. The Morgan fingerprint density at radius 2 is 1.58 bits per heavy atom. The predicted octanol–water partition coefficient (Wildman–Crippen LogP) is 4.16. The van der Waals surface area contributed by atoms with Gasteiger partial charge in [-0.3, -0.25) is 0 Å². The lowest BCUT2D eigenvalue weighted by Crippen LogP contribution is -2.49. The van der Waals surface area contributed by atoms with Crippen LogP contribution in [0.3, 0.4) is 0 Å². The SMILES string of the molecule is CC(=O)[N+](CCCn1ccnc1)(c1ccccc1)c1ccccc1. The van der Waals surface area contributed by atoms with Gasteiger partial charge in [0.2, 0.25) is 0 Å². The number of para-hydroxylation sites is 2. The number of carbonyl (C=O) groups excluding carboxylic acids is 1. The number of benzene rings is 2. The van der Waals surface area contributed by atoms with Gasteiger partial charge in [-0.05, 0) is 0 Å². The molecule has 0 saturated carbocycles. The normalized spacial score (nSPS) is 11.4. The molecule has 0 atom stereocenters. The molecule has 4 heteroatoms. The Balaban J connectivity index is 1.97. The Kier molecular flexibility index (Phi) is 4.87. The minimum absolute atomic E-state index is 0.123. The molecule has 0 aliphatic carbocycles. The van der Waals surface area contributed by atoms with Crippen molar-refractivity contribution in [3.8, 4) is 0 Å². The van der Waals surface area contributed by atoms with E-state index in [1.807, 2.05) is 77.8 Å². The van der Waals surface area contributed by atoms with Crippen LogP contribution in [0.5, 0.6) is 0 Å². The van der Waals surface area contributed by atoms with Crippen LogP contribution in [0.4, 0.5) is 11.4 Å². The summed E-state index contributed by atoms with van der Waals surface area (Å²) in [5.74, 6) is 0.123. The molecule has 3 aromatic rings. The standard InChI is InChI=1S/C20H22N3O/c1-18(24)23(19-9-4-2-5-10-19,20-11-6-3-7-12-20)16-8-14-22-15-13-21-17-22/h2-7,9-13,15,17H,8,14,16H2,1H3/q+1. The van der Waals surface area contributed by atoms with Crippen molar-refractivity contribution >= 4 is 17.3 Å². The maximum Gasteiger partial charge on any atom is 0.320 e. The summed E-state index contributed by atoms with van der Waals surface area (Å²) < 4.78 is 2.28. The second-order valence-electron chi connectivity index (χ2n) is 5.88. The molecule has 0 fully saturated rings. The molecular formula is C20H22N3O+. The maximum absolute atomic E-state index is 12.8. The van der Waals surface area contributed by atoms with Crippen molar-refractivity contribution in [2.75, 3.05) is 6.54 Å². The molecule has 24 heavy (non-hydrogen) atoms. The molecule has 1 aromatic heterocycles. The van der Waals surface area contributed by atoms with E-state index in [1.54, 1.807) is 13.1 Å². The van der Waals surface area contributed by atoms with E-state index in [1.165, 1.54) is 0 Å². The van der Waals surface area contributed by atoms with Crippen molar-refractivity contribution < 1.29 is 4.79 Å². The number of hydrogen-bond acceptors (Lipinski definition) is 2. The van der Waals surface area contributed by atoms with Gasteiger partial charge in [-0.2, -0.15) is 4.48 Å².